The van der Waals surface area contributed by atoms with E-state index in [1.165, 1.54) is 0 Å². The average molecular weight is 214 g/mol. The highest BCUT2D eigenvalue weighted by Crippen LogP contribution is 2.20. The number of likely N-dealkylation sites (N-methyl/N-ethyl adjacent to an activating group) is 1. The second-order valence-electron chi connectivity index (χ2n) is 4.04. The molecule has 1 aromatic heterocycles. The summed E-state index contributed by atoms with van der Waals surface area (Å²) in [4.78, 5) is 1.76. The van der Waals surface area contributed by atoms with Crippen LogP contribution in [0.3, 0.4) is 0 Å². The van der Waals surface area contributed by atoms with Crippen molar-refractivity contribution in [3.05, 3.63) is 5.89 Å². The van der Waals surface area contributed by atoms with Crippen molar-refractivity contribution >= 4 is 6.01 Å². The number of rotatable bonds is 5. The summed E-state index contributed by atoms with van der Waals surface area (Å²) in [5.74, 6) is 0.535. The van der Waals surface area contributed by atoms with E-state index >= 15 is 0 Å². The number of nitrogens with zero attached hydrogens (tertiary/aromatic N) is 3. The summed E-state index contributed by atoms with van der Waals surface area (Å²) >= 11 is 0. The van der Waals surface area contributed by atoms with E-state index in [1.54, 1.807) is 4.90 Å². The standard InChI is InChI=1S/C9H18N4O2/c1-9(2,6-14)13(4)8-12-11-7(15-8)5-10-3/h10,14H,5-6H2,1-4H3. The van der Waals surface area contributed by atoms with Crippen molar-refractivity contribution in [2.75, 3.05) is 25.6 Å². The number of hydrogen-bond acceptors (Lipinski definition) is 6. The summed E-state index contributed by atoms with van der Waals surface area (Å²) in [6.07, 6.45) is 0. The van der Waals surface area contributed by atoms with Gasteiger partial charge in [0.1, 0.15) is 0 Å². The van der Waals surface area contributed by atoms with E-state index < -0.39 is 5.54 Å². The minimum Gasteiger partial charge on any atom is -0.407 e. The third-order valence-corrected chi connectivity index (χ3v) is 2.37. The maximum atomic E-state index is 9.19. The minimum absolute atomic E-state index is 0.0211. The first-order valence-corrected chi connectivity index (χ1v) is 4.83. The number of aliphatic hydroxyl groups excluding tert-OH is 1. The Balaban J connectivity index is 2.78. The molecule has 0 aliphatic rings. The molecule has 15 heavy (non-hydrogen) atoms. The van der Waals surface area contributed by atoms with E-state index in [4.69, 9.17) is 4.42 Å². The molecule has 0 radical (unpaired) electrons. The van der Waals surface area contributed by atoms with Crippen LogP contribution in [0.4, 0.5) is 6.01 Å². The number of anilines is 1. The molecule has 6 nitrogen and oxygen atoms in total. The molecule has 0 aliphatic heterocycles. The van der Waals surface area contributed by atoms with Crippen LogP contribution in [0.2, 0.25) is 0 Å². The molecule has 0 atom stereocenters. The zero-order valence-corrected chi connectivity index (χ0v) is 9.61. The molecule has 2 N–H and O–H groups in total. The topological polar surface area (TPSA) is 74.4 Å². The molecular formula is C9H18N4O2. The van der Waals surface area contributed by atoms with Crippen molar-refractivity contribution in [3.63, 3.8) is 0 Å². The van der Waals surface area contributed by atoms with Crippen molar-refractivity contribution in [1.29, 1.82) is 0 Å². The molecule has 0 unspecified atom stereocenters. The highest BCUT2D eigenvalue weighted by molar-refractivity contribution is 5.27. The lowest BCUT2D eigenvalue weighted by atomic mass is 10.1. The van der Waals surface area contributed by atoms with Gasteiger partial charge >= 0.3 is 6.01 Å². The van der Waals surface area contributed by atoms with Gasteiger partial charge in [0.2, 0.25) is 5.89 Å². The molecular weight excluding hydrogens is 196 g/mol. The van der Waals surface area contributed by atoms with Crippen LogP contribution in [-0.4, -0.2) is 41.5 Å². The van der Waals surface area contributed by atoms with E-state index in [1.807, 2.05) is 27.9 Å². The number of aromatic nitrogens is 2. The third kappa shape index (κ3) is 2.66. The first-order valence-electron chi connectivity index (χ1n) is 4.83. The second-order valence-corrected chi connectivity index (χ2v) is 4.04. The maximum Gasteiger partial charge on any atom is 0.318 e. The van der Waals surface area contributed by atoms with E-state index in [-0.39, 0.29) is 6.61 Å². The van der Waals surface area contributed by atoms with Gasteiger partial charge in [0.25, 0.3) is 0 Å². The van der Waals surface area contributed by atoms with Crippen molar-refractivity contribution in [2.45, 2.75) is 25.9 Å². The van der Waals surface area contributed by atoms with Gasteiger partial charge in [-0.3, -0.25) is 0 Å². The maximum absolute atomic E-state index is 9.19. The molecule has 1 aromatic rings. The van der Waals surface area contributed by atoms with Crippen LogP contribution in [0.25, 0.3) is 0 Å². The molecule has 0 saturated carbocycles. The molecule has 0 spiro atoms. The highest BCUT2D eigenvalue weighted by Gasteiger charge is 2.26. The van der Waals surface area contributed by atoms with Crippen LogP contribution < -0.4 is 10.2 Å². The summed E-state index contributed by atoms with van der Waals surface area (Å²) in [5.41, 5.74) is -0.413. The molecule has 0 amide bonds. The van der Waals surface area contributed by atoms with Crippen LogP contribution in [-0.2, 0) is 6.54 Å². The Bertz CT molecular complexity index is 311. The molecule has 6 heteroatoms. The lowest BCUT2D eigenvalue weighted by molar-refractivity contribution is 0.211. The van der Waals surface area contributed by atoms with Crippen LogP contribution in [0, 0.1) is 0 Å². The molecule has 86 valence electrons. The summed E-state index contributed by atoms with van der Waals surface area (Å²) in [7, 11) is 3.62. The van der Waals surface area contributed by atoms with Crippen LogP contribution >= 0.6 is 0 Å². The van der Waals surface area contributed by atoms with Gasteiger partial charge in [-0.25, -0.2) is 0 Å². The predicted octanol–water partition coefficient (Wildman–Crippen LogP) is -0.00390. The number of nitrogens with one attached hydrogen (secondary N) is 1. The Morgan fingerprint density at radius 1 is 1.47 bits per heavy atom. The summed E-state index contributed by atoms with van der Waals surface area (Å²) in [6, 6.07) is 0.416. The quantitative estimate of drug-likeness (QED) is 0.718. The largest absolute Gasteiger partial charge is 0.407 e. The summed E-state index contributed by atoms with van der Waals surface area (Å²) in [5, 5.41) is 19.9. The van der Waals surface area contributed by atoms with Crippen molar-refractivity contribution in [2.24, 2.45) is 0 Å². The fourth-order valence-corrected chi connectivity index (χ4v) is 0.968. The average Bonchev–Trinajstić information content (AvgIpc) is 2.66. The molecule has 0 aliphatic carbocycles. The van der Waals surface area contributed by atoms with Gasteiger partial charge in [0.15, 0.2) is 0 Å². The molecule has 0 fully saturated rings. The van der Waals surface area contributed by atoms with Crippen molar-refractivity contribution in [1.82, 2.24) is 15.5 Å². The van der Waals surface area contributed by atoms with Gasteiger partial charge in [-0.1, -0.05) is 5.10 Å². The molecule has 0 bridgehead atoms. The van der Waals surface area contributed by atoms with Gasteiger partial charge < -0.3 is 19.7 Å². The van der Waals surface area contributed by atoms with Gasteiger partial charge in [0.05, 0.1) is 18.7 Å². The molecule has 0 saturated heterocycles. The first-order chi connectivity index (χ1) is 7.01. The fraction of sp³-hybridized carbons (Fsp3) is 0.778. The second kappa shape index (κ2) is 4.59. The molecule has 1 heterocycles. The Hall–Kier alpha value is -1.14. The van der Waals surface area contributed by atoms with Crippen LogP contribution in [0.5, 0.6) is 0 Å². The Morgan fingerprint density at radius 3 is 2.67 bits per heavy atom. The predicted molar refractivity (Wildman–Crippen MR) is 56.6 cm³/mol. The number of hydrogen-bond donors (Lipinski definition) is 2. The Labute approximate surface area is 89.3 Å². The van der Waals surface area contributed by atoms with Crippen molar-refractivity contribution in [3.8, 4) is 0 Å². The minimum atomic E-state index is -0.413. The Kier molecular flexibility index (Phi) is 3.65. The summed E-state index contributed by atoms with van der Waals surface area (Å²) < 4.78 is 5.40. The van der Waals surface area contributed by atoms with Crippen LogP contribution in [0.1, 0.15) is 19.7 Å². The Morgan fingerprint density at radius 2 is 2.13 bits per heavy atom. The first kappa shape index (κ1) is 11.9. The van der Waals surface area contributed by atoms with E-state index in [2.05, 4.69) is 15.5 Å². The smallest absolute Gasteiger partial charge is 0.318 e. The van der Waals surface area contributed by atoms with E-state index in [9.17, 15) is 5.11 Å². The number of aliphatic hydroxyl groups is 1. The SMILES string of the molecule is CNCc1nnc(N(C)C(C)(C)CO)o1. The lowest BCUT2D eigenvalue weighted by Gasteiger charge is -2.31. The van der Waals surface area contributed by atoms with Crippen molar-refractivity contribution < 1.29 is 9.52 Å². The van der Waals surface area contributed by atoms with Crippen LogP contribution in [0.15, 0.2) is 4.42 Å². The highest BCUT2D eigenvalue weighted by atomic mass is 16.4. The van der Waals surface area contributed by atoms with Gasteiger partial charge in [0, 0.05) is 7.05 Å². The zero-order valence-electron chi connectivity index (χ0n) is 9.61. The van der Waals surface area contributed by atoms with E-state index in [0.29, 0.717) is 18.5 Å². The lowest BCUT2D eigenvalue weighted by Crippen LogP contribution is -2.44. The van der Waals surface area contributed by atoms with Gasteiger partial charge in [-0.2, -0.15) is 0 Å². The third-order valence-electron chi connectivity index (χ3n) is 2.37. The fourth-order valence-electron chi connectivity index (χ4n) is 0.968. The van der Waals surface area contributed by atoms with Gasteiger partial charge in [-0.05, 0) is 20.9 Å². The monoisotopic (exact) mass is 214 g/mol. The van der Waals surface area contributed by atoms with E-state index in [0.717, 1.165) is 0 Å². The molecule has 1 rings (SSSR count). The van der Waals surface area contributed by atoms with Gasteiger partial charge in [-0.15, -0.1) is 5.10 Å². The molecule has 0 aromatic carbocycles. The normalized spacial score (nSPS) is 11.8. The zero-order chi connectivity index (χ0) is 11.5. The summed E-state index contributed by atoms with van der Waals surface area (Å²) in [6.45, 7) is 4.36.